The first kappa shape index (κ1) is 7.98. The van der Waals surface area contributed by atoms with Gasteiger partial charge in [-0.05, 0) is 6.92 Å². The highest BCUT2D eigenvalue weighted by Gasteiger charge is 2.29. The van der Waals surface area contributed by atoms with Crippen LogP contribution < -0.4 is 11.5 Å². The summed E-state index contributed by atoms with van der Waals surface area (Å²) in [5.41, 5.74) is 11.2. The Balaban J connectivity index is 2.93. The van der Waals surface area contributed by atoms with Gasteiger partial charge in [-0.1, -0.05) is 34.2 Å². The van der Waals surface area contributed by atoms with Crippen LogP contribution in [0.4, 0.5) is 0 Å². The molecule has 0 aromatic rings. The summed E-state index contributed by atoms with van der Waals surface area (Å²) in [6, 6.07) is -0.0909. The van der Waals surface area contributed by atoms with Crippen molar-refractivity contribution in [2.24, 2.45) is 11.5 Å². The first-order valence-electron chi connectivity index (χ1n) is 3.14. The average molecular weight is 203 g/mol. The summed E-state index contributed by atoms with van der Waals surface area (Å²) < 4.78 is 0.954. The van der Waals surface area contributed by atoms with E-state index in [1.807, 2.05) is 25.2 Å². The van der Waals surface area contributed by atoms with Crippen LogP contribution in [0.2, 0.25) is 0 Å². The molecule has 4 N–H and O–H groups in total. The maximum atomic E-state index is 5.87. The van der Waals surface area contributed by atoms with Crippen LogP contribution in [0.15, 0.2) is 22.7 Å². The normalized spacial score (nSPS) is 39.6. The highest BCUT2D eigenvalue weighted by molar-refractivity contribution is 9.11. The summed E-state index contributed by atoms with van der Waals surface area (Å²) in [6.07, 6.45) is 5.72. The van der Waals surface area contributed by atoms with Gasteiger partial charge in [0, 0.05) is 10.5 Å². The Kier molecular flexibility index (Phi) is 1.99. The molecule has 0 radical (unpaired) electrons. The molecule has 56 valence electrons. The van der Waals surface area contributed by atoms with Crippen LogP contribution in [-0.4, -0.2) is 11.6 Å². The number of rotatable bonds is 0. The maximum Gasteiger partial charge on any atom is 0.0636 e. The summed E-state index contributed by atoms with van der Waals surface area (Å²) in [6.45, 7) is 1.90. The van der Waals surface area contributed by atoms with E-state index in [2.05, 4.69) is 15.9 Å². The molecule has 2 unspecified atom stereocenters. The van der Waals surface area contributed by atoms with Crippen LogP contribution >= 0.6 is 15.9 Å². The second-order valence-electron chi connectivity index (χ2n) is 2.71. The average Bonchev–Trinajstić information content (AvgIpc) is 1.84. The third kappa shape index (κ3) is 1.17. The van der Waals surface area contributed by atoms with Gasteiger partial charge in [0.2, 0.25) is 0 Å². The lowest BCUT2D eigenvalue weighted by molar-refractivity contribution is 0.508. The second-order valence-corrected chi connectivity index (χ2v) is 3.56. The van der Waals surface area contributed by atoms with Crippen LogP contribution in [0.1, 0.15) is 6.92 Å². The van der Waals surface area contributed by atoms with Crippen molar-refractivity contribution in [2.75, 3.05) is 0 Å². The molecule has 2 nitrogen and oxygen atoms in total. The highest BCUT2D eigenvalue weighted by atomic mass is 79.9. The van der Waals surface area contributed by atoms with Crippen molar-refractivity contribution in [3.05, 3.63) is 22.7 Å². The minimum absolute atomic E-state index is 0.0909. The molecule has 10 heavy (non-hydrogen) atoms. The fourth-order valence-corrected chi connectivity index (χ4v) is 1.22. The van der Waals surface area contributed by atoms with E-state index >= 15 is 0 Å². The summed E-state index contributed by atoms with van der Waals surface area (Å²) in [4.78, 5) is 0. The minimum Gasteiger partial charge on any atom is -0.323 e. The van der Waals surface area contributed by atoms with E-state index in [0.29, 0.717) is 0 Å². The van der Waals surface area contributed by atoms with Gasteiger partial charge in [-0.25, -0.2) is 0 Å². The van der Waals surface area contributed by atoms with Crippen molar-refractivity contribution in [1.29, 1.82) is 0 Å². The third-order valence-electron chi connectivity index (χ3n) is 1.77. The Bertz CT molecular complexity index is 194. The molecule has 0 aromatic carbocycles. The van der Waals surface area contributed by atoms with Gasteiger partial charge in [0.1, 0.15) is 0 Å². The predicted molar refractivity (Wildman–Crippen MR) is 46.7 cm³/mol. The zero-order chi connectivity index (χ0) is 7.78. The predicted octanol–water partition coefficient (Wildman–Crippen LogP) is 0.880. The maximum absolute atomic E-state index is 5.87. The SMILES string of the molecule is CC1(N)C(Br)=CC=CC1N. The molecule has 0 bridgehead atoms. The molecular weight excluding hydrogens is 192 g/mol. The lowest BCUT2D eigenvalue weighted by atomic mass is 9.90. The number of nitrogens with two attached hydrogens (primary N) is 2. The van der Waals surface area contributed by atoms with E-state index < -0.39 is 5.54 Å². The number of hydrogen-bond donors (Lipinski definition) is 2. The second kappa shape index (κ2) is 2.49. The number of hydrogen-bond acceptors (Lipinski definition) is 2. The molecule has 1 rings (SSSR count). The van der Waals surface area contributed by atoms with E-state index in [1.54, 1.807) is 0 Å². The monoisotopic (exact) mass is 202 g/mol. The number of halogens is 1. The van der Waals surface area contributed by atoms with Crippen LogP contribution in [0, 0.1) is 0 Å². The Morgan fingerprint density at radius 3 is 2.70 bits per heavy atom. The molecular formula is C7H11BrN2. The molecule has 0 spiro atoms. The Labute approximate surface area is 69.1 Å². The summed E-state index contributed by atoms with van der Waals surface area (Å²) in [7, 11) is 0. The van der Waals surface area contributed by atoms with Crippen molar-refractivity contribution in [3.63, 3.8) is 0 Å². The Morgan fingerprint density at radius 1 is 1.70 bits per heavy atom. The molecule has 0 aliphatic heterocycles. The standard InChI is InChI=1S/C7H11BrN2/c1-7(10)5(8)3-2-4-6(7)9/h2-4,6H,9-10H2,1H3. The Hall–Kier alpha value is -0.120. The molecule has 0 saturated carbocycles. The molecule has 3 heteroatoms. The van der Waals surface area contributed by atoms with E-state index in [9.17, 15) is 0 Å². The van der Waals surface area contributed by atoms with Gasteiger partial charge in [-0.2, -0.15) is 0 Å². The highest BCUT2D eigenvalue weighted by Crippen LogP contribution is 2.26. The first-order chi connectivity index (χ1) is 4.55. The fraction of sp³-hybridized carbons (Fsp3) is 0.429. The van der Waals surface area contributed by atoms with Gasteiger partial charge in [-0.15, -0.1) is 0 Å². The quantitative estimate of drug-likeness (QED) is 0.614. The van der Waals surface area contributed by atoms with E-state index in [0.717, 1.165) is 4.48 Å². The van der Waals surface area contributed by atoms with Crippen LogP contribution in [0.5, 0.6) is 0 Å². The molecule has 0 fully saturated rings. The zero-order valence-electron chi connectivity index (χ0n) is 5.84. The van der Waals surface area contributed by atoms with Crippen LogP contribution in [-0.2, 0) is 0 Å². The van der Waals surface area contributed by atoms with Gasteiger partial charge in [0.15, 0.2) is 0 Å². The smallest absolute Gasteiger partial charge is 0.0636 e. The van der Waals surface area contributed by atoms with Crippen molar-refractivity contribution in [3.8, 4) is 0 Å². The van der Waals surface area contributed by atoms with Crippen molar-refractivity contribution in [2.45, 2.75) is 18.5 Å². The van der Waals surface area contributed by atoms with Gasteiger partial charge in [0.05, 0.1) is 5.54 Å². The van der Waals surface area contributed by atoms with Crippen molar-refractivity contribution in [1.82, 2.24) is 0 Å². The number of allylic oxidation sites excluding steroid dienone is 2. The summed E-state index contributed by atoms with van der Waals surface area (Å²) >= 11 is 3.36. The lowest BCUT2D eigenvalue weighted by Crippen LogP contribution is -2.53. The van der Waals surface area contributed by atoms with E-state index in [1.165, 1.54) is 0 Å². The first-order valence-corrected chi connectivity index (χ1v) is 3.93. The van der Waals surface area contributed by atoms with Crippen molar-refractivity contribution < 1.29 is 0 Å². The van der Waals surface area contributed by atoms with Gasteiger partial charge >= 0.3 is 0 Å². The van der Waals surface area contributed by atoms with Crippen LogP contribution in [0.25, 0.3) is 0 Å². The van der Waals surface area contributed by atoms with E-state index in [-0.39, 0.29) is 6.04 Å². The lowest BCUT2D eigenvalue weighted by Gasteiger charge is -2.31. The third-order valence-corrected chi connectivity index (χ3v) is 2.89. The molecule has 0 amide bonds. The Morgan fingerprint density at radius 2 is 2.30 bits per heavy atom. The van der Waals surface area contributed by atoms with E-state index in [4.69, 9.17) is 11.5 Å². The van der Waals surface area contributed by atoms with Gasteiger partial charge in [0.25, 0.3) is 0 Å². The fourth-order valence-electron chi connectivity index (χ4n) is 0.798. The molecule has 1 aliphatic rings. The largest absolute Gasteiger partial charge is 0.323 e. The summed E-state index contributed by atoms with van der Waals surface area (Å²) in [5, 5.41) is 0. The zero-order valence-corrected chi connectivity index (χ0v) is 7.43. The molecule has 0 aromatic heterocycles. The van der Waals surface area contributed by atoms with Gasteiger partial charge in [-0.3, -0.25) is 0 Å². The molecule has 2 atom stereocenters. The topological polar surface area (TPSA) is 52.0 Å². The summed E-state index contributed by atoms with van der Waals surface area (Å²) in [5.74, 6) is 0. The molecule has 0 saturated heterocycles. The van der Waals surface area contributed by atoms with Gasteiger partial charge < -0.3 is 11.5 Å². The van der Waals surface area contributed by atoms with Crippen molar-refractivity contribution >= 4 is 15.9 Å². The van der Waals surface area contributed by atoms with Crippen LogP contribution in [0.3, 0.4) is 0 Å². The molecule has 1 aliphatic carbocycles. The molecule has 0 heterocycles. The minimum atomic E-state index is -0.436.